The molecule has 118 valence electrons. The molecule has 4 atom stereocenters. The van der Waals surface area contributed by atoms with E-state index in [1.807, 2.05) is 7.11 Å². The molecule has 2 aliphatic heterocycles. The van der Waals surface area contributed by atoms with Gasteiger partial charge in [0.05, 0.1) is 6.61 Å². The van der Waals surface area contributed by atoms with Crippen LogP contribution >= 0.6 is 0 Å². The van der Waals surface area contributed by atoms with Crippen LogP contribution in [0.3, 0.4) is 0 Å². The number of hydrogen-bond donors (Lipinski definition) is 1. The topological polar surface area (TPSA) is 33.7 Å². The number of piperazine rings is 1. The second kappa shape index (κ2) is 7.21. The van der Waals surface area contributed by atoms with Gasteiger partial charge in [-0.3, -0.25) is 4.90 Å². The van der Waals surface area contributed by atoms with Crippen molar-refractivity contribution in [3.63, 3.8) is 0 Å². The molecule has 4 heteroatoms. The molecule has 1 N–H and O–H groups in total. The number of methoxy groups -OCH3 is 1. The van der Waals surface area contributed by atoms with Crippen molar-refractivity contribution in [1.82, 2.24) is 10.2 Å². The van der Waals surface area contributed by atoms with Crippen molar-refractivity contribution in [1.29, 1.82) is 0 Å². The lowest BCUT2D eigenvalue weighted by Crippen LogP contribution is -2.61. The lowest BCUT2D eigenvalue weighted by Gasteiger charge is -2.45. The van der Waals surface area contributed by atoms with E-state index < -0.39 is 0 Å². The predicted molar refractivity (Wildman–Crippen MR) is 82.1 cm³/mol. The fourth-order valence-corrected chi connectivity index (χ4v) is 3.45. The van der Waals surface area contributed by atoms with E-state index in [4.69, 9.17) is 9.47 Å². The Balaban J connectivity index is 2.01. The van der Waals surface area contributed by atoms with Crippen LogP contribution in [0, 0.1) is 5.92 Å². The highest BCUT2D eigenvalue weighted by atomic mass is 16.5. The average molecular weight is 284 g/mol. The molecule has 2 aliphatic rings. The van der Waals surface area contributed by atoms with Gasteiger partial charge < -0.3 is 14.8 Å². The number of nitrogens with zero attached hydrogens (tertiary/aromatic N) is 1. The highest BCUT2D eigenvalue weighted by Crippen LogP contribution is 2.27. The molecule has 4 unspecified atom stereocenters. The van der Waals surface area contributed by atoms with Crippen molar-refractivity contribution in [2.24, 2.45) is 5.92 Å². The summed E-state index contributed by atoms with van der Waals surface area (Å²) in [6.07, 6.45) is 3.46. The maximum atomic E-state index is 5.83. The van der Waals surface area contributed by atoms with Crippen LogP contribution in [-0.2, 0) is 9.47 Å². The third-order valence-corrected chi connectivity index (χ3v) is 5.36. The van der Waals surface area contributed by atoms with Gasteiger partial charge in [-0.05, 0) is 12.3 Å². The van der Waals surface area contributed by atoms with Gasteiger partial charge in [0.1, 0.15) is 5.60 Å². The Hall–Kier alpha value is -0.160. The van der Waals surface area contributed by atoms with E-state index in [1.54, 1.807) is 0 Å². The summed E-state index contributed by atoms with van der Waals surface area (Å²) in [6, 6.07) is 1.24. The number of hydrogen-bond acceptors (Lipinski definition) is 4. The van der Waals surface area contributed by atoms with E-state index >= 15 is 0 Å². The quantitative estimate of drug-likeness (QED) is 0.807. The summed E-state index contributed by atoms with van der Waals surface area (Å²) in [5.74, 6) is 0.730. The number of rotatable bonds is 6. The molecule has 0 aliphatic carbocycles. The van der Waals surface area contributed by atoms with E-state index in [2.05, 4.69) is 31.0 Å². The fraction of sp³-hybridized carbons (Fsp3) is 1.00. The molecule has 0 saturated carbocycles. The van der Waals surface area contributed by atoms with Crippen molar-refractivity contribution in [3.8, 4) is 0 Å². The SMILES string of the molecule is CCC(C)C1CN(CC2(OC)CCOC2)C(CC)CN1. The number of ether oxygens (including phenoxy) is 2. The van der Waals surface area contributed by atoms with E-state index in [1.165, 1.54) is 12.8 Å². The minimum Gasteiger partial charge on any atom is -0.378 e. The van der Waals surface area contributed by atoms with E-state index in [9.17, 15) is 0 Å². The molecule has 0 aromatic heterocycles. The molecule has 2 heterocycles. The van der Waals surface area contributed by atoms with Gasteiger partial charge in [-0.15, -0.1) is 0 Å². The first-order chi connectivity index (χ1) is 9.64. The summed E-state index contributed by atoms with van der Waals surface area (Å²) in [4.78, 5) is 2.64. The lowest BCUT2D eigenvalue weighted by molar-refractivity contribution is -0.0572. The van der Waals surface area contributed by atoms with Crippen molar-refractivity contribution < 1.29 is 9.47 Å². The third kappa shape index (κ3) is 3.53. The summed E-state index contributed by atoms with van der Waals surface area (Å²) in [5, 5.41) is 3.74. The first kappa shape index (κ1) is 16.2. The van der Waals surface area contributed by atoms with Crippen LogP contribution in [0.15, 0.2) is 0 Å². The van der Waals surface area contributed by atoms with E-state index in [0.29, 0.717) is 12.1 Å². The van der Waals surface area contributed by atoms with Crippen LogP contribution in [-0.4, -0.2) is 62.5 Å². The Morgan fingerprint density at radius 2 is 2.25 bits per heavy atom. The monoisotopic (exact) mass is 284 g/mol. The first-order valence-electron chi connectivity index (χ1n) is 8.24. The molecular weight excluding hydrogens is 252 g/mol. The Bertz CT molecular complexity index is 292. The minimum absolute atomic E-state index is 0.0786. The fourth-order valence-electron chi connectivity index (χ4n) is 3.45. The summed E-state index contributed by atoms with van der Waals surface area (Å²) < 4.78 is 11.4. The van der Waals surface area contributed by atoms with Gasteiger partial charge >= 0.3 is 0 Å². The molecule has 0 aromatic carbocycles. The van der Waals surface area contributed by atoms with Crippen LogP contribution in [0.5, 0.6) is 0 Å². The van der Waals surface area contributed by atoms with Gasteiger partial charge in [-0.25, -0.2) is 0 Å². The summed E-state index contributed by atoms with van der Waals surface area (Å²) in [7, 11) is 1.84. The Morgan fingerprint density at radius 3 is 2.80 bits per heavy atom. The van der Waals surface area contributed by atoms with Crippen LogP contribution < -0.4 is 5.32 Å². The summed E-state index contributed by atoms with van der Waals surface area (Å²) in [6.45, 7) is 11.8. The second-order valence-electron chi connectivity index (χ2n) is 6.58. The molecule has 2 fully saturated rings. The lowest BCUT2D eigenvalue weighted by atomic mass is 9.93. The second-order valence-corrected chi connectivity index (χ2v) is 6.58. The molecule has 4 nitrogen and oxygen atoms in total. The Labute approximate surface area is 124 Å². The van der Waals surface area contributed by atoms with Crippen LogP contribution in [0.1, 0.15) is 40.0 Å². The third-order valence-electron chi connectivity index (χ3n) is 5.36. The molecule has 2 saturated heterocycles. The average Bonchev–Trinajstić information content (AvgIpc) is 2.95. The largest absolute Gasteiger partial charge is 0.378 e. The van der Waals surface area contributed by atoms with Crippen LogP contribution in [0.2, 0.25) is 0 Å². The molecule has 0 aromatic rings. The smallest absolute Gasteiger partial charge is 0.106 e. The molecule has 0 spiro atoms. The first-order valence-corrected chi connectivity index (χ1v) is 8.24. The van der Waals surface area contributed by atoms with Crippen molar-refractivity contribution in [2.75, 3.05) is 40.0 Å². The molecule has 0 radical (unpaired) electrons. The zero-order valence-electron chi connectivity index (χ0n) is 13.7. The maximum absolute atomic E-state index is 5.83. The van der Waals surface area contributed by atoms with Gasteiger partial charge in [-0.2, -0.15) is 0 Å². The van der Waals surface area contributed by atoms with Gasteiger partial charge in [0.2, 0.25) is 0 Å². The van der Waals surface area contributed by atoms with Gasteiger partial charge in [0.15, 0.2) is 0 Å². The normalized spacial score (nSPS) is 37.2. The highest BCUT2D eigenvalue weighted by molar-refractivity contribution is 4.94. The van der Waals surface area contributed by atoms with Gasteiger partial charge in [0, 0.05) is 51.9 Å². The standard InChI is InChI=1S/C16H32N2O2/c1-5-13(3)15-10-18(14(6-2)9-17-15)11-16(19-4)7-8-20-12-16/h13-15,17H,5-12H2,1-4H3. The summed E-state index contributed by atoms with van der Waals surface area (Å²) >= 11 is 0. The molecule has 2 rings (SSSR count). The van der Waals surface area contributed by atoms with Crippen molar-refractivity contribution in [3.05, 3.63) is 0 Å². The van der Waals surface area contributed by atoms with Gasteiger partial charge in [0.25, 0.3) is 0 Å². The van der Waals surface area contributed by atoms with Crippen molar-refractivity contribution >= 4 is 0 Å². The number of nitrogens with one attached hydrogen (secondary N) is 1. The molecule has 20 heavy (non-hydrogen) atoms. The van der Waals surface area contributed by atoms with E-state index in [-0.39, 0.29) is 5.60 Å². The summed E-state index contributed by atoms with van der Waals surface area (Å²) in [5.41, 5.74) is -0.0786. The molecule has 0 amide bonds. The van der Waals surface area contributed by atoms with Crippen LogP contribution in [0.25, 0.3) is 0 Å². The maximum Gasteiger partial charge on any atom is 0.106 e. The predicted octanol–water partition coefficient (Wildman–Crippen LogP) is 1.89. The highest BCUT2D eigenvalue weighted by Gasteiger charge is 2.40. The van der Waals surface area contributed by atoms with Crippen LogP contribution in [0.4, 0.5) is 0 Å². The zero-order chi connectivity index (χ0) is 14.6. The van der Waals surface area contributed by atoms with Crippen molar-refractivity contribution in [2.45, 2.75) is 57.7 Å². The molecular formula is C16H32N2O2. The minimum atomic E-state index is -0.0786. The Kier molecular flexibility index (Phi) is 5.84. The zero-order valence-corrected chi connectivity index (χ0v) is 13.7. The van der Waals surface area contributed by atoms with E-state index in [0.717, 1.165) is 45.2 Å². The molecule has 0 bridgehead atoms. The Morgan fingerprint density at radius 1 is 1.45 bits per heavy atom. The van der Waals surface area contributed by atoms with Gasteiger partial charge in [-0.1, -0.05) is 27.2 Å².